The number of piperazine rings is 1. The summed E-state index contributed by atoms with van der Waals surface area (Å²) in [7, 11) is -3.36. The van der Waals surface area contributed by atoms with Gasteiger partial charge in [-0.1, -0.05) is 17.7 Å². The Hall–Kier alpha value is -0.660. The first kappa shape index (κ1) is 15.2. The molecule has 21 heavy (non-hydrogen) atoms. The normalized spacial score (nSPS) is 21.2. The molecule has 7 heteroatoms. The Morgan fingerprint density at radius 3 is 2.57 bits per heavy atom. The summed E-state index contributed by atoms with van der Waals surface area (Å²) in [6.07, 6.45) is 0. The van der Waals surface area contributed by atoms with E-state index in [1.54, 1.807) is 12.1 Å². The standard InChI is InChI=1S/C14H19ClN2O3S/c15-13-7-11(8-17-5-3-16-4-6-17)1-2-14(13)21(18,19)12-9-20-10-12/h1-2,7,12,16H,3-6,8-10H2. The quantitative estimate of drug-likeness (QED) is 0.889. The Morgan fingerprint density at radius 2 is 2.00 bits per heavy atom. The van der Waals surface area contributed by atoms with Crippen LogP contribution >= 0.6 is 11.6 Å². The molecule has 0 aliphatic carbocycles. The Morgan fingerprint density at radius 1 is 1.29 bits per heavy atom. The zero-order valence-corrected chi connectivity index (χ0v) is 13.3. The molecule has 2 aliphatic rings. The van der Waals surface area contributed by atoms with Crippen molar-refractivity contribution in [2.24, 2.45) is 0 Å². The second kappa shape index (κ2) is 6.22. The molecule has 2 heterocycles. The highest BCUT2D eigenvalue weighted by Gasteiger charge is 2.35. The molecule has 2 aliphatic heterocycles. The molecule has 0 atom stereocenters. The largest absolute Gasteiger partial charge is 0.379 e. The van der Waals surface area contributed by atoms with E-state index in [1.165, 1.54) is 0 Å². The van der Waals surface area contributed by atoms with Crippen LogP contribution in [0.3, 0.4) is 0 Å². The molecule has 5 nitrogen and oxygen atoms in total. The molecule has 0 radical (unpaired) electrons. The van der Waals surface area contributed by atoms with Crippen molar-refractivity contribution in [1.82, 2.24) is 10.2 Å². The second-order valence-electron chi connectivity index (χ2n) is 5.50. The molecule has 1 aromatic carbocycles. The van der Waals surface area contributed by atoms with E-state index in [2.05, 4.69) is 10.2 Å². The topological polar surface area (TPSA) is 58.6 Å². The molecule has 0 bridgehead atoms. The van der Waals surface area contributed by atoms with Crippen LogP contribution in [0.4, 0.5) is 0 Å². The van der Waals surface area contributed by atoms with Gasteiger partial charge in [-0.3, -0.25) is 4.90 Å². The van der Waals surface area contributed by atoms with Crippen molar-refractivity contribution in [1.29, 1.82) is 0 Å². The van der Waals surface area contributed by atoms with E-state index in [4.69, 9.17) is 16.3 Å². The highest BCUT2D eigenvalue weighted by molar-refractivity contribution is 7.92. The number of benzene rings is 1. The highest BCUT2D eigenvalue weighted by atomic mass is 35.5. The third-order valence-corrected chi connectivity index (χ3v) is 6.51. The summed E-state index contributed by atoms with van der Waals surface area (Å²) in [5.41, 5.74) is 1.05. The minimum atomic E-state index is -3.36. The Balaban J connectivity index is 1.76. The molecule has 2 fully saturated rings. The van der Waals surface area contributed by atoms with Crippen LogP contribution in [0.15, 0.2) is 23.1 Å². The van der Waals surface area contributed by atoms with Crippen LogP contribution < -0.4 is 5.32 Å². The van der Waals surface area contributed by atoms with Crippen LogP contribution in [0.2, 0.25) is 5.02 Å². The molecule has 116 valence electrons. The number of rotatable bonds is 4. The van der Waals surface area contributed by atoms with Gasteiger partial charge < -0.3 is 10.1 Å². The average Bonchev–Trinajstić information content (AvgIpc) is 2.37. The Labute approximate surface area is 130 Å². The van der Waals surface area contributed by atoms with Crippen molar-refractivity contribution >= 4 is 21.4 Å². The summed E-state index contributed by atoms with van der Waals surface area (Å²) >= 11 is 6.21. The van der Waals surface area contributed by atoms with E-state index in [-0.39, 0.29) is 18.1 Å². The maximum atomic E-state index is 12.4. The van der Waals surface area contributed by atoms with E-state index in [0.29, 0.717) is 5.02 Å². The van der Waals surface area contributed by atoms with Crippen LogP contribution in [-0.4, -0.2) is 58.0 Å². The molecule has 0 saturated carbocycles. The van der Waals surface area contributed by atoms with Gasteiger partial charge in [-0.25, -0.2) is 8.42 Å². The van der Waals surface area contributed by atoms with Gasteiger partial charge in [0.1, 0.15) is 5.25 Å². The molecular weight excluding hydrogens is 312 g/mol. The molecule has 0 amide bonds. The summed E-state index contributed by atoms with van der Waals surface area (Å²) in [6.45, 7) is 5.30. The van der Waals surface area contributed by atoms with Gasteiger partial charge in [0, 0.05) is 32.7 Å². The Bertz CT molecular complexity index is 611. The van der Waals surface area contributed by atoms with Crippen LogP contribution in [-0.2, 0) is 21.1 Å². The number of ether oxygens (including phenoxy) is 1. The van der Waals surface area contributed by atoms with Crippen LogP contribution in [0, 0.1) is 0 Å². The fraction of sp³-hybridized carbons (Fsp3) is 0.571. The van der Waals surface area contributed by atoms with E-state index < -0.39 is 15.1 Å². The number of nitrogens with zero attached hydrogens (tertiary/aromatic N) is 1. The lowest BCUT2D eigenvalue weighted by Crippen LogP contribution is -2.42. The van der Waals surface area contributed by atoms with Crippen molar-refractivity contribution in [3.05, 3.63) is 28.8 Å². The van der Waals surface area contributed by atoms with Crippen molar-refractivity contribution in [2.75, 3.05) is 39.4 Å². The van der Waals surface area contributed by atoms with Crippen molar-refractivity contribution < 1.29 is 13.2 Å². The van der Waals surface area contributed by atoms with Gasteiger partial charge in [0.15, 0.2) is 9.84 Å². The smallest absolute Gasteiger partial charge is 0.187 e. The lowest BCUT2D eigenvalue weighted by molar-refractivity contribution is 0.0416. The molecule has 0 spiro atoms. The van der Waals surface area contributed by atoms with E-state index in [9.17, 15) is 8.42 Å². The van der Waals surface area contributed by atoms with Gasteiger partial charge in [0.05, 0.1) is 23.1 Å². The first-order valence-corrected chi connectivity index (χ1v) is 9.03. The molecule has 3 rings (SSSR count). The van der Waals surface area contributed by atoms with Gasteiger partial charge in [0.2, 0.25) is 0 Å². The third kappa shape index (κ3) is 3.24. The number of halogens is 1. The van der Waals surface area contributed by atoms with E-state index in [0.717, 1.165) is 38.3 Å². The van der Waals surface area contributed by atoms with Crippen molar-refractivity contribution in [3.63, 3.8) is 0 Å². The van der Waals surface area contributed by atoms with E-state index >= 15 is 0 Å². The summed E-state index contributed by atoms with van der Waals surface area (Å²) < 4.78 is 29.7. The first-order valence-electron chi connectivity index (χ1n) is 7.10. The minimum absolute atomic E-state index is 0.224. The summed E-state index contributed by atoms with van der Waals surface area (Å²) in [5.74, 6) is 0. The molecule has 1 N–H and O–H groups in total. The fourth-order valence-electron chi connectivity index (χ4n) is 2.57. The highest BCUT2D eigenvalue weighted by Crippen LogP contribution is 2.29. The number of sulfone groups is 1. The average molecular weight is 331 g/mol. The molecule has 0 unspecified atom stereocenters. The van der Waals surface area contributed by atoms with Gasteiger partial charge in [-0.05, 0) is 17.7 Å². The Kier molecular flexibility index (Phi) is 4.51. The summed E-state index contributed by atoms with van der Waals surface area (Å²) in [6, 6.07) is 5.27. The second-order valence-corrected chi connectivity index (χ2v) is 8.10. The predicted molar refractivity (Wildman–Crippen MR) is 81.4 cm³/mol. The van der Waals surface area contributed by atoms with Gasteiger partial charge >= 0.3 is 0 Å². The summed E-state index contributed by atoms with van der Waals surface area (Å²) in [5, 5.41) is 3.17. The lowest BCUT2D eigenvalue weighted by atomic mass is 10.2. The number of hydrogen-bond acceptors (Lipinski definition) is 5. The molecular formula is C14H19ClN2O3S. The molecule has 0 aromatic heterocycles. The van der Waals surface area contributed by atoms with Crippen LogP contribution in [0.5, 0.6) is 0 Å². The number of nitrogens with one attached hydrogen (secondary N) is 1. The predicted octanol–water partition coefficient (Wildman–Crippen LogP) is 0.918. The number of hydrogen-bond donors (Lipinski definition) is 1. The maximum absolute atomic E-state index is 12.4. The lowest BCUT2D eigenvalue weighted by Gasteiger charge is -2.28. The van der Waals surface area contributed by atoms with Crippen molar-refractivity contribution in [2.45, 2.75) is 16.7 Å². The van der Waals surface area contributed by atoms with Crippen LogP contribution in [0.1, 0.15) is 5.56 Å². The third-order valence-electron chi connectivity index (χ3n) is 3.96. The zero-order valence-electron chi connectivity index (χ0n) is 11.7. The van der Waals surface area contributed by atoms with Gasteiger partial charge in [0.25, 0.3) is 0 Å². The van der Waals surface area contributed by atoms with Gasteiger partial charge in [-0.2, -0.15) is 0 Å². The minimum Gasteiger partial charge on any atom is -0.379 e. The molecule has 2 saturated heterocycles. The van der Waals surface area contributed by atoms with Crippen molar-refractivity contribution in [3.8, 4) is 0 Å². The SMILES string of the molecule is O=S(=O)(c1ccc(CN2CCNCC2)cc1Cl)C1COC1. The van der Waals surface area contributed by atoms with E-state index in [1.807, 2.05) is 6.07 Å². The monoisotopic (exact) mass is 330 g/mol. The fourth-order valence-corrected chi connectivity index (χ4v) is 4.60. The van der Waals surface area contributed by atoms with Crippen LogP contribution in [0.25, 0.3) is 0 Å². The molecule has 1 aromatic rings. The summed E-state index contributed by atoms with van der Waals surface area (Å²) in [4.78, 5) is 2.55. The first-order chi connectivity index (χ1) is 10.1. The maximum Gasteiger partial charge on any atom is 0.187 e. The van der Waals surface area contributed by atoms with Gasteiger partial charge in [-0.15, -0.1) is 0 Å². The zero-order chi connectivity index (χ0) is 14.9.